The molecule has 0 heterocycles. The minimum atomic E-state index is 0. The van der Waals surface area contributed by atoms with E-state index in [4.69, 9.17) is 5.11 Å². The van der Waals surface area contributed by atoms with Gasteiger partial charge in [-0.25, -0.2) is 0 Å². The summed E-state index contributed by atoms with van der Waals surface area (Å²) in [7, 11) is 0. The van der Waals surface area contributed by atoms with Crippen molar-refractivity contribution in [2.24, 2.45) is 0 Å². The molecular formula is C6H6BrKO. The average molecular weight is 213 g/mol. The van der Waals surface area contributed by atoms with Crippen LogP contribution in [0.15, 0.2) is 28.7 Å². The molecule has 0 fully saturated rings. The molecule has 0 amide bonds. The topological polar surface area (TPSA) is 20.2 Å². The first kappa shape index (κ1) is 10.1. The van der Waals surface area contributed by atoms with Gasteiger partial charge in [-0.05, 0) is 24.3 Å². The molecule has 0 spiro atoms. The van der Waals surface area contributed by atoms with E-state index in [1.54, 1.807) is 24.3 Å². The molecule has 1 rings (SSSR count). The third kappa shape index (κ3) is 3.75. The molecule has 0 radical (unpaired) electrons. The first-order chi connectivity index (χ1) is 3.79. The average Bonchev–Trinajstić information content (AvgIpc) is 1.77. The van der Waals surface area contributed by atoms with Crippen LogP contribution >= 0.6 is 15.9 Å². The second-order valence-electron chi connectivity index (χ2n) is 1.48. The number of hydrogen-bond donors (Lipinski definition) is 1. The van der Waals surface area contributed by atoms with E-state index in [0.29, 0.717) is 5.75 Å². The van der Waals surface area contributed by atoms with Gasteiger partial charge in [-0.15, -0.1) is 0 Å². The smallest absolute Gasteiger partial charge is 1.00 e. The number of phenolic OH excluding ortho intramolecular Hbond substituents is 1. The number of phenols is 1. The number of halogens is 1. The van der Waals surface area contributed by atoms with Crippen molar-refractivity contribution < 1.29 is 57.9 Å². The van der Waals surface area contributed by atoms with Gasteiger partial charge in [-0.3, -0.25) is 0 Å². The van der Waals surface area contributed by atoms with Crippen LogP contribution in [0.25, 0.3) is 0 Å². The maximum atomic E-state index is 8.74. The van der Waals surface area contributed by atoms with Gasteiger partial charge in [-0.1, -0.05) is 15.9 Å². The number of hydrogen-bond acceptors (Lipinski definition) is 1. The molecule has 1 N–H and O–H groups in total. The quantitative estimate of drug-likeness (QED) is 0.563. The standard InChI is InChI=1S/C6H5BrO.K.H/c7-5-1-3-6(8)4-2-5;;/h1-4,8H;;/q;+1;-1. The van der Waals surface area contributed by atoms with Gasteiger partial charge in [0, 0.05) is 4.47 Å². The molecule has 1 nitrogen and oxygen atoms in total. The molecule has 1 aromatic carbocycles. The van der Waals surface area contributed by atoms with Crippen LogP contribution in [0.5, 0.6) is 5.75 Å². The number of aromatic hydroxyl groups is 1. The Bertz CT molecular complexity index is 157. The van der Waals surface area contributed by atoms with E-state index in [9.17, 15) is 0 Å². The normalized spacial score (nSPS) is 8.11. The van der Waals surface area contributed by atoms with Crippen molar-refractivity contribution in [3.63, 3.8) is 0 Å². The molecular weight excluding hydrogens is 207 g/mol. The van der Waals surface area contributed by atoms with E-state index < -0.39 is 0 Å². The number of rotatable bonds is 0. The Balaban J connectivity index is 0. The third-order valence-corrected chi connectivity index (χ3v) is 1.36. The summed E-state index contributed by atoms with van der Waals surface area (Å²) < 4.78 is 0.982. The van der Waals surface area contributed by atoms with E-state index in [1.165, 1.54) is 0 Å². The van der Waals surface area contributed by atoms with Gasteiger partial charge < -0.3 is 6.53 Å². The van der Waals surface area contributed by atoms with E-state index in [0.717, 1.165) is 4.47 Å². The van der Waals surface area contributed by atoms with Gasteiger partial charge in [0.05, 0.1) is 0 Å². The van der Waals surface area contributed by atoms with Crippen molar-refractivity contribution in [3.05, 3.63) is 28.7 Å². The van der Waals surface area contributed by atoms with Crippen molar-refractivity contribution in [3.8, 4) is 5.75 Å². The van der Waals surface area contributed by atoms with E-state index >= 15 is 0 Å². The fourth-order valence-corrected chi connectivity index (χ4v) is 0.705. The molecule has 0 saturated carbocycles. The Labute approximate surface area is 107 Å². The maximum Gasteiger partial charge on any atom is 1.00 e. The molecule has 0 aliphatic carbocycles. The van der Waals surface area contributed by atoms with Crippen molar-refractivity contribution in [1.29, 1.82) is 0 Å². The summed E-state index contributed by atoms with van der Waals surface area (Å²) >= 11 is 3.23. The van der Waals surface area contributed by atoms with Crippen LogP contribution in [0, 0.1) is 0 Å². The predicted molar refractivity (Wildman–Crippen MR) is 36.9 cm³/mol. The molecule has 0 aromatic heterocycles. The second-order valence-corrected chi connectivity index (χ2v) is 2.39. The molecule has 0 aliphatic heterocycles. The molecule has 9 heavy (non-hydrogen) atoms. The van der Waals surface area contributed by atoms with Crippen LogP contribution in [-0.2, 0) is 0 Å². The minimum Gasteiger partial charge on any atom is -1.00 e. The molecule has 44 valence electrons. The van der Waals surface area contributed by atoms with E-state index in [2.05, 4.69) is 15.9 Å². The monoisotopic (exact) mass is 212 g/mol. The summed E-state index contributed by atoms with van der Waals surface area (Å²) in [6.07, 6.45) is 0. The maximum absolute atomic E-state index is 8.74. The SMILES string of the molecule is Oc1ccc(Br)cc1.[H-].[K+]. The zero-order valence-corrected chi connectivity index (χ0v) is 9.84. The molecule has 3 heteroatoms. The largest absolute Gasteiger partial charge is 1.00 e. The fourth-order valence-electron chi connectivity index (χ4n) is 0.441. The van der Waals surface area contributed by atoms with Gasteiger partial charge in [0.2, 0.25) is 0 Å². The van der Waals surface area contributed by atoms with E-state index in [1.807, 2.05) is 0 Å². The summed E-state index contributed by atoms with van der Waals surface area (Å²) in [6, 6.07) is 6.83. The van der Waals surface area contributed by atoms with Gasteiger partial charge in [0.25, 0.3) is 0 Å². The second kappa shape index (κ2) is 4.88. The first-order valence-corrected chi connectivity index (χ1v) is 3.03. The summed E-state index contributed by atoms with van der Waals surface area (Å²) in [4.78, 5) is 0. The van der Waals surface area contributed by atoms with E-state index in [-0.39, 0.29) is 52.8 Å². The summed E-state index contributed by atoms with van der Waals surface area (Å²) in [5.41, 5.74) is 0. The minimum absolute atomic E-state index is 0. The van der Waals surface area contributed by atoms with Crippen LogP contribution in [0.2, 0.25) is 0 Å². The molecule has 0 aliphatic rings. The zero-order valence-electron chi connectivity index (χ0n) is 6.13. The van der Waals surface area contributed by atoms with Gasteiger partial charge in [0.1, 0.15) is 5.75 Å². The van der Waals surface area contributed by atoms with Crippen molar-refractivity contribution >= 4 is 15.9 Å². The summed E-state index contributed by atoms with van der Waals surface area (Å²) in [5, 5.41) is 8.74. The predicted octanol–water partition coefficient (Wildman–Crippen LogP) is -0.729. The van der Waals surface area contributed by atoms with Crippen LogP contribution in [0.4, 0.5) is 0 Å². The molecule has 0 atom stereocenters. The Morgan fingerprint density at radius 1 is 1.22 bits per heavy atom. The molecule has 0 unspecified atom stereocenters. The van der Waals surface area contributed by atoms with Gasteiger partial charge >= 0.3 is 51.4 Å². The van der Waals surface area contributed by atoms with Crippen LogP contribution in [0.3, 0.4) is 0 Å². The van der Waals surface area contributed by atoms with Crippen molar-refractivity contribution in [2.45, 2.75) is 0 Å². The van der Waals surface area contributed by atoms with Crippen LogP contribution in [-0.4, -0.2) is 5.11 Å². The van der Waals surface area contributed by atoms with Gasteiger partial charge in [0.15, 0.2) is 0 Å². The Morgan fingerprint density at radius 2 is 1.67 bits per heavy atom. The first-order valence-electron chi connectivity index (χ1n) is 2.23. The Morgan fingerprint density at radius 3 is 2.00 bits per heavy atom. The van der Waals surface area contributed by atoms with Gasteiger partial charge in [-0.2, -0.15) is 0 Å². The van der Waals surface area contributed by atoms with Crippen LogP contribution in [0.1, 0.15) is 1.43 Å². The van der Waals surface area contributed by atoms with Crippen molar-refractivity contribution in [1.82, 2.24) is 0 Å². The molecule has 1 aromatic rings. The molecule has 0 saturated heterocycles. The fraction of sp³-hybridized carbons (Fsp3) is 0. The van der Waals surface area contributed by atoms with Crippen LogP contribution < -0.4 is 51.4 Å². The Kier molecular flexibility index (Phi) is 5.49. The third-order valence-electron chi connectivity index (χ3n) is 0.827. The zero-order chi connectivity index (χ0) is 5.98. The molecule has 0 bridgehead atoms. The summed E-state index contributed by atoms with van der Waals surface area (Å²) in [6.45, 7) is 0. The summed E-state index contributed by atoms with van der Waals surface area (Å²) in [5.74, 6) is 0.299. The Hall–Kier alpha value is 1.14. The number of benzene rings is 1. The van der Waals surface area contributed by atoms with Crippen molar-refractivity contribution in [2.75, 3.05) is 0 Å².